The van der Waals surface area contributed by atoms with E-state index >= 15 is 0 Å². The lowest BCUT2D eigenvalue weighted by Crippen LogP contribution is -2.33. The molecule has 0 aliphatic carbocycles. The van der Waals surface area contributed by atoms with E-state index in [1.807, 2.05) is 60.7 Å². The van der Waals surface area contributed by atoms with Crippen molar-refractivity contribution in [2.24, 2.45) is 0 Å². The summed E-state index contributed by atoms with van der Waals surface area (Å²) in [5.74, 6) is 0.872. The van der Waals surface area contributed by atoms with E-state index in [-0.39, 0.29) is 11.9 Å². The van der Waals surface area contributed by atoms with Gasteiger partial charge in [0.2, 0.25) is 17.6 Å². The molecule has 0 N–H and O–H groups in total. The molecule has 0 spiro atoms. The van der Waals surface area contributed by atoms with E-state index in [9.17, 15) is 4.79 Å². The van der Waals surface area contributed by atoms with Gasteiger partial charge < -0.3 is 9.42 Å². The fourth-order valence-corrected chi connectivity index (χ4v) is 3.54. The van der Waals surface area contributed by atoms with E-state index in [1.54, 1.807) is 4.90 Å². The van der Waals surface area contributed by atoms with Crippen molar-refractivity contribution in [3.63, 3.8) is 0 Å². The highest BCUT2D eigenvalue weighted by molar-refractivity contribution is 6.30. The van der Waals surface area contributed by atoms with Crippen LogP contribution in [0.1, 0.15) is 35.7 Å². The van der Waals surface area contributed by atoms with Gasteiger partial charge in [-0.1, -0.05) is 65.8 Å². The van der Waals surface area contributed by atoms with Crippen molar-refractivity contribution in [2.45, 2.75) is 24.3 Å². The molecule has 2 unspecified atom stereocenters. The lowest BCUT2D eigenvalue weighted by molar-refractivity contribution is -0.132. The molecule has 1 amide bonds. The SMILES string of the molecule is O=C(C(Cl)c1ccccc1)N1CCCC1c1nc(-c2ccccc2)no1. The van der Waals surface area contributed by atoms with Crippen molar-refractivity contribution in [3.8, 4) is 11.4 Å². The molecular weight excluding hydrogens is 350 g/mol. The number of carbonyl (C=O) groups excluding carboxylic acids is 1. The Morgan fingerprint density at radius 3 is 2.54 bits per heavy atom. The summed E-state index contributed by atoms with van der Waals surface area (Å²) in [6.45, 7) is 0.641. The smallest absolute Gasteiger partial charge is 0.249 e. The van der Waals surface area contributed by atoms with Gasteiger partial charge in [0.25, 0.3) is 0 Å². The number of amides is 1. The van der Waals surface area contributed by atoms with Crippen LogP contribution in [0.2, 0.25) is 0 Å². The summed E-state index contributed by atoms with van der Waals surface area (Å²) in [5, 5.41) is 3.36. The summed E-state index contributed by atoms with van der Waals surface area (Å²) in [6.07, 6.45) is 1.68. The first-order valence-corrected chi connectivity index (χ1v) is 9.06. The van der Waals surface area contributed by atoms with Gasteiger partial charge in [-0.15, -0.1) is 11.6 Å². The number of halogens is 1. The standard InChI is InChI=1S/C20H18ClN3O2/c21-17(14-8-3-1-4-9-14)20(25)24-13-7-12-16(24)19-22-18(23-26-19)15-10-5-2-6-11-15/h1-6,8-11,16-17H,7,12-13H2. The predicted molar refractivity (Wildman–Crippen MR) is 98.5 cm³/mol. The summed E-state index contributed by atoms with van der Waals surface area (Å²) >= 11 is 6.43. The number of alkyl halides is 1. The maximum absolute atomic E-state index is 12.9. The molecular formula is C20H18ClN3O2. The molecule has 0 bridgehead atoms. The van der Waals surface area contributed by atoms with E-state index < -0.39 is 5.38 Å². The van der Waals surface area contributed by atoms with Crippen LogP contribution in [0.5, 0.6) is 0 Å². The summed E-state index contributed by atoms with van der Waals surface area (Å²) in [5.41, 5.74) is 1.68. The zero-order valence-corrected chi connectivity index (χ0v) is 14.8. The Labute approximate surface area is 156 Å². The molecule has 6 heteroatoms. The highest BCUT2D eigenvalue weighted by Gasteiger charge is 2.37. The fourth-order valence-electron chi connectivity index (χ4n) is 3.27. The van der Waals surface area contributed by atoms with Crippen LogP contribution in [-0.4, -0.2) is 27.5 Å². The second-order valence-corrected chi connectivity index (χ2v) is 6.72. The molecule has 132 valence electrons. The van der Waals surface area contributed by atoms with Crippen LogP contribution in [0.15, 0.2) is 65.2 Å². The molecule has 5 nitrogen and oxygen atoms in total. The number of likely N-dealkylation sites (tertiary alicyclic amines) is 1. The van der Waals surface area contributed by atoms with Crippen LogP contribution in [0.4, 0.5) is 0 Å². The fraction of sp³-hybridized carbons (Fsp3) is 0.250. The third kappa shape index (κ3) is 3.22. The van der Waals surface area contributed by atoms with Gasteiger partial charge in [-0.05, 0) is 18.4 Å². The maximum Gasteiger partial charge on any atom is 0.249 e. The number of hydrogen-bond donors (Lipinski definition) is 0. The lowest BCUT2D eigenvalue weighted by atomic mass is 10.1. The van der Waals surface area contributed by atoms with Gasteiger partial charge in [-0.3, -0.25) is 4.79 Å². The maximum atomic E-state index is 12.9. The van der Waals surface area contributed by atoms with Gasteiger partial charge >= 0.3 is 0 Å². The van der Waals surface area contributed by atoms with Gasteiger partial charge in [0.15, 0.2) is 0 Å². The molecule has 0 radical (unpaired) electrons. The van der Waals surface area contributed by atoms with Crippen molar-refractivity contribution in [3.05, 3.63) is 72.1 Å². The molecule has 2 aromatic carbocycles. The quantitative estimate of drug-likeness (QED) is 0.642. The van der Waals surface area contributed by atoms with E-state index in [0.29, 0.717) is 18.3 Å². The van der Waals surface area contributed by atoms with Crippen molar-refractivity contribution in [1.82, 2.24) is 15.0 Å². The largest absolute Gasteiger partial charge is 0.337 e. The van der Waals surface area contributed by atoms with Crippen LogP contribution in [-0.2, 0) is 4.79 Å². The lowest BCUT2D eigenvalue weighted by Gasteiger charge is -2.24. The highest BCUT2D eigenvalue weighted by atomic mass is 35.5. The number of nitrogens with zero attached hydrogens (tertiary/aromatic N) is 3. The predicted octanol–water partition coefficient (Wildman–Crippen LogP) is 4.38. The first-order valence-electron chi connectivity index (χ1n) is 8.62. The highest BCUT2D eigenvalue weighted by Crippen LogP contribution is 2.35. The minimum Gasteiger partial charge on any atom is -0.337 e. The average molecular weight is 368 g/mol. The first kappa shape index (κ1) is 16.8. The van der Waals surface area contributed by atoms with E-state index in [1.165, 1.54) is 0 Å². The zero-order chi connectivity index (χ0) is 17.9. The molecule has 1 aliphatic rings. The van der Waals surface area contributed by atoms with Crippen LogP contribution < -0.4 is 0 Å². The van der Waals surface area contributed by atoms with E-state index in [2.05, 4.69) is 10.1 Å². The van der Waals surface area contributed by atoms with E-state index in [0.717, 1.165) is 24.0 Å². The summed E-state index contributed by atoms with van der Waals surface area (Å²) in [7, 11) is 0. The molecule has 26 heavy (non-hydrogen) atoms. The average Bonchev–Trinajstić information content (AvgIpc) is 3.37. The first-order chi connectivity index (χ1) is 12.7. The van der Waals surface area contributed by atoms with Crippen molar-refractivity contribution >= 4 is 17.5 Å². The molecule has 1 fully saturated rings. The van der Waals surface area contributed by atoms with Gasteiger partial charge in [0, 0.05) is 12.1 Å². The number of hydrogen-bond acceptors (Lipinski definition) is 4. The van der Waals surface area contributed by atoms with Crippen LogP contribution >= 0.6 is 11.6 Å². The Hall–Kier alpha value is -2.66. The normalized spacial score (nSPS) is 18.0. The summed E-state index contributed by atoms with van der Waals surface area (Å²) in [4.78, 5) is 19.2. The Balaban J connectivity index is 1.55. The van der Waals surface area contributed by atoms with E-state index in [4.69, 9.17) is 16.1 Å². The van der Waals surface area contributed by atoms with Gasteiger partial charge in [-0.2, -0.15) is 4.98 Å². The van der Waals surface area contributed by atoms with Crippen molar-refractivity contribution < 1.29 is 9.32 Å². The topological polar surface area (TPSA) is 59.2 Å². The second-order valence-electron chi connectivity index (χ2n) is 6.29. The monoisotopic (exact) mass is 367 g/mol. The third-order valence-electron chi connectivity index (χ3n) is 4.60. The second kappa shape index (κ2) is 7.30. The molecule has 1 aromatic heterocycles. The van der Waals surface area contributed by atoms with Crippen molar-refractivity contribution in [1.29, 1.82) is 0 Å². The summed E-state index contributed by atoms with van der Waals surface area (Å²) < 4.78 is 5.47. The minimum absolute atomic E-state index is 0.125. The number of benzene rings is 2. The van der Waals surface area contributed by atoms with Gasteiger partial charge in [0.1, 0.15) is 11.4 Å². The van der Waals surface area contributed by atoms with Crippen molar-refractivity contribution in [2.75, 3.05) is 6.54 Å². The van der Waals surface area contributed by atoms with Crippen LogP contribution in [0.3, 0.4) is 0 Å². The van der Waals surface area contributed by atoms with Crippen LogP contribution in [0, 0.1) is 0 Å². The number of aromatic nitrogens is 2. The molecule has 0 saturated carbocycles. The Morgan fingerprint density at radius 1 is 1.12 bits per heavy atom. The Kier molecular flexibility index (Phi) is 4.71. The molecule has 3 aromatic rings. The van der Waals surface area contributed by atoms with Gasteiger partial charge in [-0.25, -0.2) is 0 Å². The summed E-state index contributed by atoms with van der Waals surface area (Å²) in [6, 6.07) is 18.8. The Morgan fingerprint density at radius 2 is 1.81 bits per heavy atom. The molecule has 1 saturated heterocycles. The Bertz CT molecular complexity index is 882. The molecule has 1 aliphatic heterocycles. The number of rotatable bonds is 4. The zero-order valence-electron chi connectivity index (χ0n) is 14.1. The molecule has 2 heterocycles. The third-order valence-corrected chi connectivity index (χ3v) is 5.04. The minimum atomic E-state index is -0.715. The molecule has 4 rings (SSSR count). The van der Waals surface area contributed by atoms with Crippen LogP contribution in [0.25, 0.3) is 11.4 Å². The molecule has 2 atom stereocenters. The number of carbonyl (C=O) groups is 1. The van der Waals surface area contributed by atoms with Gasteiger partial charge in [0.05, 0.1) is 0 Å².